The molecule has 6 heteroatoms. The molecule has 2 amide bonds. The molecule has 0 saturated heterocycles. The predicted molar refractivity (Wildman–Crippen MR) is 82.0 cm³/mol. The summed E-state index contributed by atoms with van der Waals surface area (Å²) in [6.07, 6.45) is 0. The summed E-state index contributed by atoms with van der Waals surface area (Å²) in [5, 5.41) is 7.18. The summed E-state index contributed by atoms with van der Waals surface area (Å²) in [4.78, 5) is 11.2. The maximum Gasteiger partial charge on any atom is 0.317 e. The molecule has 1 heterocycles. The fraction of sp³-hybridized carbons (Fsp3) is 0.333. The van der Waals surface area contributed by atoms with Gasteiger partial charge in [0.1, 0.15) is 17.3 Å². The van der Waals surface area contributed by atoms with Crippen LogP contribution in [-0.4, -0.2) is 22.9 Å². The topological polar surface area (TPSA) is 82.2 Å². The van der Waals surface area contributed by atoms with Gasteiger partial charge in [0.15, 0.2) is 0 Å². The molecule has 0 aliphatic rings. The number of aromatic nitrogens is 2. The normalized spacial score (nSPS) is 11.2. The van der Waals surface area contributed by atoms with Crippen molar-refractivity contribution < 1.29 is 9.53 Å². The number of hydrogen-bond acceptors (Lipinski definition) is 3. The highest BCUT2D eigenvalue weighted by molar-refractivity contribution is 5.87. The van der Waals surface area contributed by atoms with Crippen LogP contribution in [0.15, 0.2) is 30.3 Å². The average Bonchev–Trinajstić information content (AvgIpc) is 2.81. The van der Waals surface area contributed by atoms with E-state index in [0.717, 1.165) is 11.4 Å². The van der Waals surface area contributed by atoms with Gasteiger partial charge in [-0.05, 0) is 12.1 Å². The minimum absolute atomic E-state index is 0.151. The number of anilines is 1. The molecule has 21 heavy (non-hydrogen) atoms. The maximum absolute atomic E-state index is 11.2. The van der Waals surface area contributed by atoms with E-state index in [4.69, 9.17) is 10.5 Å². The Balaban J connectivity index is 2.60. The Kier molecular flexibility index (Phi) is 3.88. The molecule has 0 spiro atoms. The molecule has 1 aromatic heterocycles. The smallest absolute Gasteiger partial charge is 0.317 e. The van der Waals surface area contributed by atoms with E-state index in [1.165, 1.54) is 0 Å². The molecule has 0 atom stereocenters. The van der Waals surface area contributed by atoms with Crippen LogP contribution in [0.3, 0.4) is 0 Å². The number of nitrogens with zero attached hydrogens (tertiary/aromatic N) is 2. The highest BCUT2D eigenvalue weighted by Crippen LogP contribution is 2.29. The quantitative estimate of drug-likeness (QED) is 0.911. The Bertz CT molecular complexity index is 656. The van der Waals surface area contributed by atoms with Crippen molar-refractivity contribution in [3.63, 3.8) is 0 Å². The molecule has 0 aliphatic heterocycles. The molecular formula is C15H20N4O2. The summed E-state index contributed by atoms with van der Waals surface area (Å²) >= 11 is 0. The number of carbonyl (C=O) groups is 1. The van der Waals surface area contributed by atoms with Gasteiger partial charge in [-0.2, -0.15) is 5.10 Å². The molecule has 3 N–H and O–H groups in total. The summed E-state index contributed by atoms with van der Waals surface area (Å²) in [5.41, 5.74) is 6.67. The molecule has 6 nitrogen and oxygen atoms in total. The number of amides is 2. The minimum atomic E-state index is -0.633. The molecule has 2 rings (SSSR count). The third-order valence-electron chi connectivity index (χ3n) is 3.04. The van der Waals surface area contributed by atoms with Crippen molar-refractivity contribution >= 4 is 11.8 Å². The SMILES string of the molecule is COc1ccccc1-n1nc(C(C)(C)C)cc1NC(N)=O. The van der Waals surface area contributed by atoms with E-state index in [1.54, 1.807) is 11.8 Å². The lowest BCUT2D eigenvalue weighted by atomic mass is 9.92. The van der Waals surface area contributed by atoms with Gasteiger partial charge in [0.2, 0.25) is 0 Å². The second-order valence-corrected chi connectivity index (χ2v) is 5.74. The van der Waals surface area contributed by atoms with Crippen LogP contribution in [0.5, 0.6) is 5.75 Å². The molecule has 0 unspecified atom stereocenters. The van der Waals surface area contributed by atoms with Crippen molar-refractivity contribution in [1.82, 2.24) is 9.78 Å². The largest absolute Gasteiger partial charge is 0.494 e. The number of nitrogens with one attached hydrogen (secondary N) is 1. The van der Waals surface area contributed by atoms with E-state index < -0.39 is 6.03 Å². The number of hydrogen-bond donors (Lipinski definition) is 2. The van der Waals surface area contributed by atoms with Gasteiger partial charge in [-0.15, -0.1) is 0 Å². The van der Waals surface area contributed by atoms with Gasteiger partial charge >= 0.3 is 6.03 Å². The zero-order valence-corrected chi connectivity index (χ0v) is 12.7. The van der Waals surface area contributed by atoms with Crippen LogP contribution >= 0.6 is 0 Å². The molecule has 1 aromatic carbocycles. The van der Waals surface area contributed by atoms with E-state index in [0.29, 0.717) is 11.6 Å². The molecule has 0 bridgehead atoms. The van der Waals surface area contributed by atoms with Gasteiger partial charge in [-0.25, -0.2) is 9.48 Å². The van der Waals surface area contributed by atoms with Gasteiger partial charge in [-0.1, -0.05) is 32.9 Å². The fourth-order valence-electron chi connectivity index (χ4n) is 1.95. The van der Waals surface area contributed by atoms with Gasteiger partial charge in [0.25, 0.3) is 0 Å². The van der Waals surface area contributed by atoms with E-state index in [2.05, 4.69) is 31.2 Å². The van der Waals surface area contributed by atoms with E-state index in [-0.39, 0.29) is 5.41 Å². The summed E-state index contributed by atoms with van der Waals surface area (Å²) in [5.74, 6) is 1.17. The Labute approximate surface area is 123 Å². The molecule has 2 aromatic rings. The number of rotatable bonds is 3. The lowest BCUT2D eigenvalue weighted by molar-refractivity contribution is 0.259. The number of methoxy groups -OCH3 is 1. The summed E-state index contributed by atoms with van der Waals surface area (Å²) in [6.45, 7) is 6.15. The van der Waals surface area contributed by atoms with Gasteiger partial charge in [-0.3, -0.25) is 5.32 Å². The van der Waals surface area contributed by atoms with Crippen molar-refractivity contribution in [1.29, 1.82) is 0 Å². The highest BCUT2D eigenvalue weighted by Gasteiger charge is 2.22. The summed E-state index contributed by atoms with van der Waals surface area (Å²) in [6, 6.07) is 8.64. The van der Waals surface area contributed by atoms with Crippen molar-refractivity contribution in [3.8, 4) is 11.4 Å². The minimum Gasteiger partial charge on any atom is -0.494 e. The first-order valence-corrected chi connectivity index (χ1v) is 6.63. The first kappa shape index (κ1) is 14.9. The van der Waals surface area contributed by atoms with Crippen LogP contribution in [0.2, 0.25) is 0 Å². The Morgan fingerprint density at radius 1 is 1.33 bits per heavy atom. The molecule has 0 saturated carbocycles. The zero-order valence-electron chi connectivity index (χ0n) is 12.7. The molecule has 112 valence electrons. The number of benzene rings is 1. The van der Waals surface area contributed by atoms with Crippen molar-refractivity contribution in [3.05, 3.63) is 36.0 Å². The van der Waals surface area contributed by atoms with Crippen molar-refractivity contribution in [2.24, 2.45) is 5.73 Å². The lowest BCUT2D eigenvalue weighted by Crippen LogP contribution is -2.21. The first-order valence-electron chi connectivity index (χ1n) is 6.63. The van der Waals surface area contributed by atoms with Gasteiger partial charge in [0, 0.05) is 11.5 Å². The highest BCUT2D eigenvalue weighted by atomic mass is 16.5. The summed E-state index contributed by atoms with van der Waals surface area (Å²) < 4.78 is 6.98. The molecule has 0 aliphatic carbocycles. The van der Waals surface area contributed by atoms with E-state index in [9.17, 15) is 4.79 Å². The van der Waals surface area contributed by atoms with Gasteiger partial charge in [0.05, 0.1) is 12.8 Å². The Morgan fingerprint density at radius 2 is 2.00 bits per heavy atom. The molecule has 0 fully saturated rings. The fourth-order valence-corrected chi connectivity index (χ4v) is 1.95. The lowest BCUT2D eigenvalue weighted by Gasteiger charge is -2.14. The van der Waals surface area contributed by atoms with Crippen LogP contribution in [0.1, 0.15) is 26.5 Å². The number of para-hydroxylation sites is 2. The number of ether oxygens (including phenoxy) is 1. The summed E-state index contributed by atoms with van der Waals surface area (Å²) in [7, 11) is 1.59. The van der Waals surface area contributed by atoms with Gasteiger partial charge < -0.3 is 10.5 Å². The second-order valence-electron chi connectivity index (χ2n) is 5.74. The standard InChI is InChI=1S/C15H20N4O2/c1-15(2,3)12-9-13(17-14(16)20)19(18-12)10-7-5-6-8-11(10)21-4/h5-9H,1-4H3,(H3,16,17,20). The third-order valence-corrected chi connectivity index (χ3v) is 3.04. The van der Waals surface area contributed by atoms with Crippen LogP contribution in [0, 0.1) is 0 Å². The Hall–Kier alpha value is -2.50. The van der Waals surface area contributed by atoms with Crippen LogP contribution in [0.25, 0.3) is 5.69 Å². The molecular weight excluding hydrogens is 268 g/mol. The van der Waals surface area contributed by atoms with Crippen LogP contribution < -0.4 is 15.8 Å². The van der Waals surface area contributed by atoms with E-state index >= 15 is 0 Å². The van der Waals surface area contributed by atoms with E-state index in [1.807, 2.05) is 30.3 Å². The number of carbonyl (C=O) groups excluding carboxylic acids is 1. The second kappa shape index (κ2) is 5.47. The third kappa shape index (κ3) is 3.16. The maximum atomic E-state index is 11.2. The zero-order chi connectivity index (χ0) is 15.6. The Morgan fingerprint density at radius 3 is 2.57 bits per heavy atom. The van der Waals surface area contributed by atoms with Crippen molar-refractivity contribution in [2.75, 3.05) is 12.4 Å². The van der Waals surface area contributed by atoms with Crippen LogP contribution in [-0.2, 0) is 5.41 Å². The number of primary amides is 1. The monoisotopic (exact) mass is 288 g/mol. The number of urea groups is 1. The van der Waals surface area contributed by atoms with Crippen molar-refractivity contribution in [2.45, 2.75) is 26.2 Å². The van der Waals surface area contributed by atoms with Crippen LogP contribution in [0.4, 0.5) is 10.6 Å². The first-order chi connectivity index (χ1) is 9.82. The average molecular weight is 288 g/mol. The number of nitrogens with two attached hydrogens (primary N) is 1. The molecule has 0 radical (unpaired) electrons. The predicted octanol–water partition coefficient (Wildman–Crippen LogP) is 2.67.